The first-order valence-electron chi connectivity index (χ1n) is 8.24. The number of nitrogens with one attached hydrogen (secondary N) is 1. The molecule has 1 atom stereocenters. The molecule has 25 heavy (non-hydrogen) atoms. The molecule has 0 saturated carbocycles. The molecule has 0 aliphatic heterocycles. The Hall–Kier alpha value is -2.82. The number of carbonyl (C=O) groups excluding carboxylic acids is 1. The maximum atomic E-state index is 12.3. The summed E-state index contributed by atoms with van der Waals surface area (Å²) in [5, 5.41) is 12.1. The molecule has 0 aromatic heterocycles. The van der Waals surface area contributed by atoms with E-state index in [2.05, 4.69) is 5.32 Å². The molecule has 5 nitrogen and oxygen atoms in total. The number of hydrogen-bond donors (Lipinski definition) is 2. The number of carbonyl (C=O) groups is 2. The molecule has 5 heteroatoms. The van der Waals surface area contributed by atoms with E-state index in [-0.39, 0.29) is 30.0 Å². The van der Waals surface area contributed by atoms with Gasteiger partial charge in [0, 0.05) is 0 Å². The van der Waals surface area contributed by atoms with E-state index in [9.17, 15) is 14.7 Å². The van der Waals surface area contributed by atoms with Crippen molar-refractivity contribution in [2.24, 2.45) is 0 Å². The quantitative estimate of drug-likeness (QED) is 0.807. The Morgan fingerprint density at radius 3 is 2.48 bits per heavy atom. The molecule has 2 rings (SSSR count). The second-order valence-electron chi connectivity index (χ2n) is 6.17. The molecule has 0 radical (unpaired) electrons. The lowest BCUT2D eigenvalue weighted by Gasteiger charge is -2.17. The normalized spacial score (nSPS) is 11.8. The van der Waals surface area contributed by atoms with E-state index in [1.54, 1.807) is 18.2 Å². The number of aromatic carboxylic acids is 1. The summed E-state index contributed by atoms with van der Waals surface area (Å²) in [6, 6.07) is 13.9. The van der Waals surface area contributed by atoms with Crippen molar-refractivity contribution in [1.82, 2.24) is 5.32 Å². The number of hydrogen-bond acceptors (Lipinski definition) is 3. The summed E-state index contributed by atoms with van der Waals surface area (Å²) in [4.78, 5) is 23.5. The predicted octanol–water partition coefficient (Wildman–Crippen LogP) is 3.59. The zero-order valence-corrected chi connectivity index (χ0v) is 14.7. The van der Waals surface area contributed by atoms with E-state index in [4.69, 9.17) is 4.74 Å². The molecule has 0 spiro atoms. The van der Waals surface area contributed by atoms with E-state index >= 15 is 0 Å². The third kappa shape index (κ3) is 5.35. The molecule has 2 aromatic carbocycles. The van der Waals surface area contributed by atoms with Gasteiger partial charge < -0.3 is 15.2 Å². The number of carboxylic acids is 1. The Kier molecular flexibility index (Phi) is 6.17. The lowest BCUT2D eigenvalue weighted by Crippen LogP contribution is -2.28. The van der Waals surface area contributed by atoms with Crippen molar-refractivity contribution in [3.8, 4) is 5.75 Å². The van der Waals surface area contributed by atoms with E-state index in [1.807, 2.05) is 45.0 Å². The van der Waals surface area contributed by atoms with Crippen LogP contribution in [0, 0.1) is 0 Å². The van der Waals surface area contributed by atoms with Gasteiger partial charge in [-0.3, -0.25) is 4.79 Å². The van der Waals surface area contributed by atoms with Gasteiger partial charge in [0.1, 0.15) is 5.75 Å². The van der Waals surface area contributed by atoms with E-state index in [0.29, 0.717) is 5.56 Å². The maximum Gasteiger partial charge on any atom is 0.335 e. The first-order chi connectivity index (χ1) is 11.9. The SMILES string of the molecule is CC(C)Oc1cccc(C(C)NC(=O)Cc2ccccc2C(=O)O)c1. The third-order valence-electron chi connectivity index (χ3n) is 3.71. The molecule has 0 fully saturated rings. The molecule has 0 aliphatic carbocycles. The number of amides is 1. The Bertz CT molecular complexity index is 755. The van der Waals surface area contributed by atoms with Crippen molar-refractivity contribution in [3.05, 3.63) is 65.2 Å². The van der Waals surface area contributed by atoms with Crippen LogP contribution in [0.4, 0.5) is 0 Å². The van der Waals surface area contributed by atoms with Gasteiger partial charge in [0.2, 0.25) is 5.91 Å². The topological polar surface area (TPSA) is 75.6 Å². The highest BCUT2D eigenvalue weighted by Crippen LogP contribution is 2.20. The van der Waals surface area contributed by atoms with Gasteiger partial charge in [0.25, 0.3) is 0 Å². The monoisotopic (exact) mass is 341 g/mol. The smallest absolute Gasteiger partial charge is 0.335 e. The van der Waals surface area contributed by atoms with Crippen molar-refractivity contribution in [2.75, 3.05) is 0 Å². The molecule has 2 N–H and O–H groups in total. The third-order valence-corrected chi connectivity index (χ3v) is 3.71. The van der Waals surface area contributed by atoms with Gasteiger partial charge in [0.05, 0.1) is 24.1 Å². The predicted molar refractivity (Wildman–Crippen MR) is 95.9 cm³/mol. The minimum Gasteiger partial charge on any atom is -0.491 e. The molecule has 0 bridgehead atoms. The van der Waals surface area contributed by atoms with Crippen LogP contribution in [0.2, 0.25) is 0 Å². The summed E-state index contributed by atoms with van der Waals surface area (Å²) in [6.07, 6.45) is 0.0994. The zero-order chi connectivity index (χ0) is 18.4. The summed E-state index contributed by atoms with van der Waals surface area (Å²) in [5.74, 6) is -0.504. The zero-order valence-electron chi connectivity index (χ0n) is 14.7. The van der Waals surface area contributed by atoms with Crippen LogP contribution in [0.1, 0.15) is 48.3 Å². The van der Waals surface area contributed by atoms with Crippen molar-refractivity contribution in [3.63, 3.8) is 0 Å². The first-order valence-corrected chi connectivity index (χ1v) is 8.24. The average molecular weight is 341 g/mol. The number of carboxylic acid groups (broad SMARTS) is 1. The van der Waals surface area contributed by atoms with E-state index < -0.39 is 5.97 Å². The Balaban J connectivity index is 2.04. The van der Waals surface area contributed by atoms with Crippen LogP contribution >= 0.6 is 0 Å². The Morgan fingerprint density at radius 1 is 1.08 bits per heavy atom. The lowest BCUT2D eigenvalue weighted by atomic mass is 10.0. The first kappa shape index (κ1) is 18.5. The molecule has 0 aliphatic rings. The summed E-state index contributed by atoms with van der Waals surface area (Å²) < 4.78 is 5.67. The maximum absolute atomic E-state index is 12.3. The minimum absolute atomic E-state index is 0.0228. The number of benzene rings is 2. The Labute approximate surface area is 147 Å². The van der Waals surface area contributed by atoms with Gasteiger partial charge in [-0.15, -0.1) is 0 Å². The van der Waals surface area contributed by atoms with E-state index in [0.717, 1.165) is 11.3 Å². The molecule has 0 heterocycles. The molecular formula is C20H23NO4. The van der Waals surface area contributed by atoms with Crippen LogP contribution in [0.15, 0.2) is 48.5 Å². The van der Waals surface area contributed by atoms with Crippen molar-refractivity contribution in [1.29, 1.82) is 0 Å². The molecule has 132 valence electrons. The fourth-order valence-electron chi connectivity index (χ4n) is 2.56. The standard InChI is InChI=1S/C20H23NO4/c1-13(2)25-17-9-6-8-15(11-17)14(3)21-19(22)12-16-7-4-5-10-18(16)20(23)24/h4-11,13-14H,12H2,1-3H3,(H,21,22)(H,23,24). The summed E-state index contributed by atoms with van der Waals surface area (Å²) >= 11 is 0. The van der Waals surface area contributed by atoms with Gasteiger partial charge in [-0.05, 0) is 50.1 Å². The fourth-order valence-corrected chi connectivity index (χ4v) is 2.56. The van der Waals surface area contributed by atoms with Crippen molar-refractivity contribution in [2.45, 2.75) is 39.3 Å². The highest BCUT2D eigenvalue weighted by Gasteiger charge is 2.15. The van der Waals surface area contributed by atoms with Gasteiger partial charge in [-0.1, -0.05) is 30.3 Å². The highest BCUT2D eigenvalue weighted by molar-refractivity contribution is 5.91. The van der Waals surface area contributed by atoms with Gasteiger partial charge >= 0.3 is 5.97 Å². The van der Waals surface area contributed by atoms with Crippen LogP contribution in [0.5, 0.6) is 5.75 Å². The Morgan fingerprint density at radius 2 is 1.80 bits per heavy atom. The highest BCUT2D eigenvalue weighted by atomic mass is 16.5. The van der Waals surface area contributed by atoms with Gasteiger partial charge in [-0.2, -0.15) is 0 Å². The number of ether oxygens (including phenoxy) is 1. The largest absolute Gasteiger partial charge is 0.491 e. The second-order valence-corrected chi connectivity index (χ2v) is 6.17. The fraction of sp³-hybridized carbons (Fsp3) is 0.300. The minimum atomic E-state index is -1.03. The molecule has 1 unspecified atom stereocenters. The molecular weight excluding hydrogens is 318 g/mol. The molecule has 0 saturated heterocycles. The van der Waals surface area contributed by atoms with E-state index in [1.165, 1.54) is 6.07 Å². The van der Waals surface area contributed by atoms with Crippen LogP contribution in [-0.4, -0.2) is 23.1 Å². The molecule has 1 amide bonds. The summed E-state index contributed by atoms with van der Waals surface area (Å²) in [5.41, 5.74) is 1.58. The van der Waals surface area contributed by atoms with Crippen molar-refractivity contribution < 1.29 is 19.4 Å². The average Bonchev–Trinajstić information content (AvgIpc) is 2.54. The van der Waals surface area contributed by atoms with Crippen LogP contribution in [0.25, 0.3) is 0 Å². The number of rotatable bonds is 7. The van der Waals surface area contributed by atoms with Gasteiger partial charge in [0.15, 0.2) is 0 Å². The second kappa shape index (κ2) is 8.33. The summed E-state index contributed by atoms with van der Waals surface area (Å²) in [7, 11) is 0. The van der Waals surface area contributed by atoms with Gasteiger partial charge in [-0.25, -0.2) is 4.79 Å². The van der Waals surface area contributed by atoms with Crippen LogP contribution in [0.3, 0.4) is 0 Å². The van der Waals surface area contributed by atoms with Crippen molar-refractivity contribution >= 4 is 11.9 Å². The van der Waals surface area contributed by atoms with Crippen LogP contribution < -0.4 is 10.1 Å². The lowest BCUT2D eigenvalue weighted by molar-refractivity contribution is -0.121. The summed E-state index contributed by atoms with van der Waals surface area (Å²) in [6.45, 7) is 5.80. The molecule has 2 aromatic rings. The van der Waals surface area contributed by atoms with Crippen LogP contribution in [-0.2, 0) is 11.2 Å².